The van der Waals surface area contributed by atoms with Gasteiger partial charge in [0, 0.05) is 29.9 Å². The van der Waals surface area contributed by atoms with E-state index in [1.165, 1.54) is 0 Å². The van der Waals surface area contributed by atoms with E-state index in [-0.39, 0.29) is 30.1 Å². The predicted octanol–water partition coefficient (Wildman–Crippen LogP) is 1.08. The Morgan fingerprint density at radius 3 is 2.74 bits per heavy atom. The third kappa shape index (κ3) is 6.52. The Bertz CT molecular complexity index is 1410. The van der Waals surface area contributed by atoms with E-state index in [1.807, 2.05) is 12.1 Å². The first kappa shape index (κ1) is 30.2. The van der Waals surface area contributed by atoms with E-state index in [9.17, 15) is 23.7 Å². The largest absolute Gasteiger partial charge is 0.496 e. The summed E-state index contributed by atoms with van der Waals surface area (Å²) in [5.74, 6) is -1.46. The highest BCUT2D eigenvalue weighted by Gasteiger charge is 2.50. The molecule has 15 heteroatoms. The summed E-state index contributed by atoms with van der Waals surface area (Å²) in [5.41, 5.74) is 1.04. The van der Waals surface area contributed by atoms with Gasteiger partial charge in [-0.25, -0.2) is 4.57 Å². The van der Waals surface area contributed by atoms with E-state index in [4.69, 9.17) is 19.3 Å². The molecule has 1 aromatic heterocycles. The Hall–Kier alpha value is -3.29. The van der Waals surface area contributed by atoms with Crippen LogP contribution in [0.5, 0.6) is 5.75 Å². The van der Waals surface area contributed by atoms with E-state index < -0.39 is 50.9 Å². The van der Waals surface area contributed by atoms with Gasteiger partial charge in [-0.3, -0.25) is 23.7 Å². The van der Waals surface area contributed by atoms with E-state index in [1.54, 1.807) is 24.1 Å². The number of Topliss-reactive ketones (excluding diaryl/α,β-unsaturated/α-hetero) is 1. The van der Waals surface area contributed by atoms with E-state index in [0.29, 0.717) is 31.0 Å². The molecule has 5 N–H and O–H groups in total. The number of aromatic nitrogens is 1. The lowest BCUT2D eigenvalue weighted by Crippen LogP contribution is -2.53. The molecule has 3 aliphatic rings. The Morgan fingerprint density at radius 2 is 2.02 bits per heavy atom. The van der Waals surface area contributed by atoms with Crippen molar-refractivity contribution in [2.75, 3.05) is 33.6 Å². The zero-order valence-corrected chi connectivity index (χ0v) is 24.0. The van der Waals surface area contributed by atoms with Crippen molar-refractivity contribution in [2.24, 2.45) is 17.8 Å². The maximum absolute atomic E-state index is 13.9. The fraction of sp³-hybridized carbons (Fsp3) is 0.556. The molecule has 42 heavy (non-hydrogen) atoms. The Labute approximate surface area is 241 Å². The van der Waals surface area contributed by atoms with Crippen LogP contribution in [0.4, 0.5) is 0 Å². The van der Waals surface area contributed by atoms with Crippen LogP contribution in [0.15, 0.2) is 24.3 Å². The molecular formula is C27H35N4O10P. The second-order valence-electron chi connectivity index (χ2n) is 11.0. The number of carbonyl (C=O) groups excluding carboxylic acids is 4. The molecule has 1 aliphatic carbocycles. The topological polar surface area (TPSA) is 197 Å². The fourth-order valence-electron chi connectivity index (χ4n) is 6.46. The van der Waals surface area contributed by atoms with Crippen molar-refractivity contribution < 1.29 is 47.5 Å². The molecule has 3 heterocycles. The maximum Gasteiger partial charge on any atom is 0.471 e. The number of benzene rings is 1. The zero-order valence-electron chi connectivity index (χ0n) is 23.1. The standard InChI is InChI=1S/C27H35N4O10P/c1-39-23-7-3-6-19-18(23)11-21(29-19)27(35)31-12-16-4-2-5-17(16)24(31)26(34)30-20(10-15-8-9-28-25(15)33)22(32)13-40-14-41-42(36,37)38/h3,6-7,11,15-17,20,24,29H,2,4-5,8-10,12-14H2,1H3,(H,28,33)(H,30,34)(H2,36,37,38). The number of hydrogen-bond acceptors (Lipinski definition) is 8. The first-order valence-electron chi connectivity index (χ1n) is 13.9. The number of hydrogen-bond donors (Lipinski definition) is 5. The van der Waals surface area contributed by atoms with Crippen LogP contribution in [0.3, 0.4) is 0 Å². The monoisotopic (exact) mass is 606 g/mol. The molecular weight excluding hydrogens is 571 g/mol. The minimum atomic E-state index is -4.79. The third-order valence-corrected chi connectivity index (χ3v) is 8.87. The van der Waals surface area contributed by atoms with E-state index in [0.717, 1.165) is 30.2 Å². The van der Waals surface area contributed by atoms with Crippen LogP contribution in [0.2, 0.25) is 0 Å². The number of likely N-dealkylation sites (tertiary alicyclic amines) is 1. The number of amides is 3. The number of aromatic amines is 1. The number of fused-ring (bicyclic) bond motifs is 2. The number of rotatable bonds is 12. The molecule has 2 aliphatic heterocycles. The van der Waals surface area contributed by atoms with Gasteiger partial charge >= 0.3 is 7.82 Å². The summed E-state index contributed by atoms with van der Waals surface area (Å²) < 4.78 is 25.5. The number of ether oxygens (including phenoxy) is 2. The molecule has 2 aromatic rings. The van der Waals surface area contributed by atoms with Crippen molar-refractivity contribution in [1.82, 2.24) is 20.5 Å². The Morgan fingerprint density at radius 1 is 1.21 bits per heavy atom. The third-order valence-electron chi connectivity index (χ3n) is 8.43. The zero-order chi connectivity index (χ0) is 30.0. The Balaban J connectivity index is 1.34. The quantitative estimate of drug-likeness (QED) is 0.132. The second-order valence-corrected chi connectivity index (χ2v) is 12.2. The molecule has 5 atom stereocenters. The number of ketones is 1. The van der Waals surface area contributed by atoms with Crippen molar-refractivity contribution >= 4 is 42.2 Å². The summed E-state index contributed by atoms with van der Waals surface area (Å²) in [6, 6.07) is 5.22. The lowest BCUT2D eigenvalue weighted by molar-refractivity contribution is -0.135. The van der Waals surface area contributed by atoms with Crippen molar-refractivity contribution in [2.45, 2.75) is 44.2 Å². The highest BCUT2D eigenvalue weighted by Crippen LogP contribution is 2.43. The molecule has 5 unspecified atom stereocenters. The van der Waals surface area contributed by atoms with Gasteiger partial charge in [-0.15, -0.1) is 0 Å². The van der Waals surface area contributed by atoms with Gasteiger partial charge in [-0.1, -0.05) is 12.5 Å². The maximum atomic E-state index is 13.9. The van der Waals surface area contributed by atoms with Crippen molar-refractivity contribution in [3.05, 3.63) is 30.0 Å². The van der Waals surface area contributed by atoms with Gasteiger partial charge in [0.1, 0.15) is 24.1 Å². The normalized spacial score (nSPS) is 24.5. The van der Waals surface area contributed by atoms with Crippen molar-refractivity contribution in [3.8, 4) is 5.75 Å². The number of phosphoric ester groups is 1. The summed E-state index contributed by atoms with van der Waals surface area (Å²) in [6.07, 6.45) is 3.10. The van der Waals surface area contributed by atoms with Crippen molar-refractivity contribution in [1.29, 1.82) is 0 Å². The summed E-state index contributed by atoms with van der Waals surface area (Å²) in [7, 11) is -3.24. The molecule has 3 amide bonds. The number of nitrogens with zero attached hydrogens (tertiary/aromatic N) is 1. The molecule has 1 saturated carbocycles. The summed E-state index contributed by atoms with van der Waals surface area (Å²) in [4.78, 5) is 75.4. The minimum Gasteiger partial charge on any atom is -0.496 e. The van der Waals surface area contributed by atoms with Crippen LogP contribution in [0, 0.1) is 17.8 Å². The van der Waals surface area contributed by atoms with Crippen LogP contribution >= 0.6 is 7.82 Å². The van der Waals surface area contributed by atoms with Crippen molar-refractivity contribution in [3.63, 3.8) is 0 Å². The first-order chi connectivity index (χ1) is 20.1. The molecule has 228 valence electrons. The van der Waals surface area contributed by atoms with Gasteiger partial charge in [0.15, 0.2) is 12.6 Å². The van der Waals surface area contributed by atoms with Gasteiger partial charge in [-0.05, 0) is 55.7 Å². The molecule has 5 rings (SSSR count). The van der Waals surface area contributed by atoms with E-state index in [2.05, 4.69) is 20.1 Å². The Kier molecular flexibility index (Phi) is 9.00. The average molecular weight is 607 g/mol. The molecule has 0 spiro atoms. The van der Waals surface area contributed by atoms with Crippen LogP contribution in [0.1, 0.15) is 42.6 Å². The van der Waals surface area contributed by atoms with Gasteiger partial charge in [0.2, 0.25) is 11.8 Å². The van der Waals surface area contributed by atoms with E-state index >= 15 is 0 Å². The second kappa shape index (κ2) is 12.5. The molecule has 0 radical (unpaired) electrons. The lowest BCUT2D eigenvalue weighted by atomic mass is 9.92. The summed E-state index contributed by atoms with van der Waals surface area (Å²) in [5, 5.41) is 6.25. The SMILES string of the molecule is COc1cccc2[nH]c(C(=O)N3CC4CCCC4C3C(=O)NC(CC3CCNC3=O)C(=O)COCOP(=O)(O)O)cc12. The number of methoxy groups -OCH3 is 1. The number of nitrogens with one attached hydrogen (secondary N) is 3. The number of H-pyrrole nitrogens is 1. The molecule has 2 saturated heterocycles. The van der Waals surface area contributed by atoms with Gasteiger partial charge in [-0.2, -0.15) is 0 Å². The molecule has 14 nitrogen and oxygen atoms in total. The minimum absolute atomic E-state index is 0.0235. The average Bonchev–Trinajstić information content (AvgIpc) is 3.73. The summed E-state index contributed by atoms with van der Waals surface area (Å²) in [6.45, 7) is -0.574. The smallest absolute Gasteiger partial charge is 0.471 e. The van der Waals surface area contributed by atoms with Crippen LogP contribution in [0.25, 0.3) is 10.9 Å². The molecule has 3 fully saturated rings. The van der Waals surface area contributed by atoms with Gasteiger partial charge < -0.3 is 39.8 Å². The van der Waals surface area contributed by atoms with Crippen LogP contribution in [-0.4, -0.2) is 88.9 Å². The first-order valence-corrected chi connectivity index (χ1v) is 15.4. The van der Waals surface area contributed by atoms with Gasteiger partial charge in [0.25, 0.3) is 5.91 Å². The highest BCUT2D eigenvalue weighted by atomic mass is 31.2. The fourth-order valence-corrected chi connectivity index (χ4v) is 6.67. The molecule has 0 bridgehead atoms. The lowest BCUT2D eigenvalue weighted by Gasteiger charge is -2.29. The van der Waals surface area contributed by atoms with Gasteiger partial charge in [0.05, 0.1) is 13.2 Å². The number of carbonyl (C=O) groups is 4. The number of phosphoric acid groups is 1. The highest BCUT2D eigenvalue weighted by molar-refractivity contribution is 7.46. The predicted molar refractivity (Wildman–Crippen MR) is 147 cm³/mol. The summed E-state index contributed by atoms with van der Waals surface area (Å²) >= 11 is 0. The molecule has 1 aromatic carbocycles. The van der Waals surface area contributed by atoms with Crippen LogP contribution < -0.4 is 15.4 Å². The van der Waals surface area contributed by atoms with Crippen LogP contribution in [-0.2, 0) is 28.2 Å².